The Bertz CT molecular complexity index is 233. The topological polar surface area (TPSA) is 39.1 Å². The Balaban J connectivity index is 2.15. The third-order valence-electron chi connectivity index (χ3n) is 3.48. The van der Waals surface area contributed by atoms with Gasteiger partial charge in [-0.05, 0) is 25.9 Å². The first-order valence-electron chi connectivity index (χ1n) is 5.19. The van der Waals surface area contributed by atoms with Crippen LogP contribution in [0.15, 0.2) is 0 Å². The van der Waals surface area contributed by atoms with E-state index in [2.05, 4.69) is 23.2 Å². The minimum atomic E-state index is -0.207. The molecule has 2 heterocycles. The molecule has 0 aromatic heterocycles. The molecule has 3 atom stereocenters. The van der Waals surface area contributed by atoms with Gasteiger partial charge in [-0.25, -0.2) is 0 Å². The molecular weight excluding hydrogens is 162 g/mol. The highest BCUT2D eigenvalue weighted by molar-refractivity contribution is 5.15. The summed E-state index contributed by atoms with van der Waals surface area (Å²) in [6, 6.07) is 2.51. The minimum absolute atomic E-state index is 0.207. The molecule has 0 radical (unpaired) electrons. The number of hydrogen-bond acceptors (Lipinski definition) is 3. The summed E-state index contributed by atoms with van der Waals surface area (Å²) in [6.45, 7) is 6.40. The average Bonchev–Trinajstić information content (AvgIpc) is 2.56. The second-order valence-corrected chi connectivity index (χ2v) is 4.15. The van der Waals surface area contributed by atoms with Crippen molar-refractivity contribution < 1.29 is 0 Å². The molecular formula is C10H17N3. The second-order valence-electron chi connectivity index (χ2n) is 4.15. The summed E-state index contributed by atoms with van der Waals surface area (Å²) in [7, 11) is 0. The molecule has 13 heavy (non-hydrogen) atoms. The van der Waals surface area contributed by atoms with E-state index in [1.165, 1.54) is 13.0 Å². The van der Waals surface area contributed by atoms with Gasteiger partial charge in [-0.3, -0.25) is 5.32 Å². The highest BCUT2D eigenvalue weighted by Crippen LogP contribution is 2.34. The predicted molar refractivity (Wildman–Crippen MR) is 51.2 cm³/mol. The van der Waals surface area contributed by atoms with E-state index < -0.39 is 0 Å². The number of fused-ring (bicyclic) bond motifs is 2. The van der Waals surface area contributed by atoms with Crippen LogP contribution in [0.5, 0.6) is 0 Å². The van der Waals surface area contributed by atoms with Crippen molar-refractivity contribution in [2.75, 3.05) is 26.2 Å². The van der Waals surface area contributed by atoms with Gasteiger partial charge in [-0.1, -0.05) is 6.92 Å². The first-order chi connectivity index (χ1) is 6.30. The van der Waals surface area contributed by atoms with Crippen LogP contribution < -0.4 is 5.32 Å². The third-order valence-corrected chi connectivity index (χ3v) is 3.48. The fourth-order valence-electron chi connectivity index (χ4n) is 2.71. The lowest BCUT2D eigenvalue weighted by Crippen LogP contribution is -2.55. The van der Waals surface area contributed by atoms with Crippen LogP contribution in [0, 0.1) is 17.2 Å². The summed E-state index contributed by atoms with van der Waals surface area (Å²) in [5, 5.41) is 12.6. The van der Waals surface area contributed by atoms with Crippen LogP contribution in [0.1, 0.15) is 19.8 Å². The van der Waals surface area contributed by atoms with Gasteiger partial charge in [0.2, 0.25) is 0 Å². The maximum absolute atomic E-state index is 9.26. The Morgan fingerprint density at radius 3 is 3.15 bits per heavy atom. The van der Waals surface area contributed by atoms with Gasteiger partial charge >= 0.3 is 0 Å². The first kappa shape index (κ1) is 8.98. The quantitative estimate of drug-likeness (QED) is 0.674. The molecule has 2 bridgehead atoms. The molecule has 0 aromatic rings. The van der Waals surface area contributed by atoms with E-state index in [9.17, 15) is 5.26 Å². The van der Waals surface area contributed by atoms with Crippen molar-refractivity contribution in [2.45, 2.75) is 25.3 Å². The number of nitrogens with zero attached hydrogens (tertiary/aromatic N) is 2. The van der Waals surface area contributed by atoms with Crippen molar-refractivity contribution >= 4 is 0 Å². The van der Waals surface area contributed by atoms with Crippen LogP contribution in [0.4, 0.5) is 0 Å². The standard InChI is InChI=1S/C10H17N3/c1-2-12-10(8-11)4-6-13-5-3-9(10)7-13/h9,12H,2-7H2,1H3. The van der Waals surface area contributed by atoms with E-state index in [1.54, 1.807) is 0 Å². The van der Waals surface area contributed by atoms with E-state index in [1.807, 2.05) is 0 Å². The van der Waals surface area contributed by atoms with Gasteiger partial charge < -0.3 is 4.90 Å². The Morgan fingerprint density at radius 1 is 1.62 bits per heavy atom. The van der Waals surface area contributed by atoms with Crippen LogP contribution >= 0.6 is 0 Å². The molecule has 0 aromatic carbocycles. The SMILES string of the molecule is CCNC1(C#N)CCN2CCC1C2. The summed E-state index contributed by atoms with van der Waals surface area (Å²) in [5.41, 5.74) is -0.207. The van der Waals surface area contributed by atoms with Crippen molar-refractivity contribution in [3.05, 3.63) is 0 Å². The third kappa shape index (κ3) is 1.34. The Labute approximate surface area is 79.7 Å². The predicted octanol–water partition coefficient (Wildman–Crippen LogP) is 0.584. The number of nitriles is 1. The molecule has 3 nitrogen and oxygen atoms in total. The molecule has 1 N–H and O–H groups in total. The summed E-state index contributed by atoms with van der Waals surface area (Å²) in [5.74, 6) is 0.561. The zero-order valence-electron chi connectivity index (χ0n) is 8.21. The maximum Gasteiger partial charge on any atom is 0.112 e. The van der Waals surface area contributed by atoms with Crippen molar-refractivity contribution in [1.82, 2.24) is 10.2 Å². The van der Waals surface area contributed by atoms with Crippen LogP contribution in [0.25, 0.3) is 0 Å². The van der Waals surface area contributed by atoms with E-state index in [0.717, 1.165) is 26.1 Å². The molecule has 3 unspecified atom stereocenters. The maximum atomic E-state index is 9.26. The fraction of sp³-hybridized carbons (Fsp3) is 0.900. The van der Waals surface area contributed by atoms with Crippen LogP contribution in [0.2, 0.25) is 0 Å². The Hall–Kier alpha value is -0.590. The van der Waals surface area contributed by atoms with Crippen molar-refractivity contribution in [2.24, 2.45) is 5.92 Å². The lowest BCUT2D eigenvalue weighted by Gasteiger charge is -2.38. The largest absolute Gasteiger partial charge is 0.303 e. The molecule has 2 fully saturated rings. The van der Waals surface area contributed by atoms with E-state index >= 15 is 0 Å². The number of nitrogens with one attached hydrogen (secondary N) is 1. The summed E-state index contributed by atoms with van der Waals surface area (Å²) < 4.78 is 0. The first-order valence-corrected chi connectivity index (χ1v) is 5.19. The Morgan fingerprint density at radius 2 is 2.46 bits per heavy atom. The van der Waals surface area contributed by atoms with Gasteiger partial charge in [0.15, 0.2) is 0 Å². The molecule has 0 saturated carbocycles. The van der Waals surface area contributed by atoms with E-state index in [0.29, 0.717) is 5.92 Å². The molecule has 3 heteroatoms. The molecule has 2 aliphatic rings. The molecule has 2 aliphatic heterocycles. The van der Waals surface area contributed by atoms with Gasteiger partial charge in [0.25, 0.3) is 0 Å². The van der Waals surface area contributed by atoms with Crippen LogP contribution in [-0.2, 0) is 0 Å². The van der Waals surface area contributed by atoms with Crippen LogP contribution in [0.3, 0.4) is 0 Å². The van der Waals surface area contributed by atoms with Gasteiger partial charge in [-0.2, -0.15) is 5.26 Å². The summed E-state index contributed by atoms with van der Waals surface area (Å²) >= 11 is 0. The zero-order valence-corrected chi connectivity index (χ0v) is 8.21. The number of rotatable bonds is 2. The minimum Gasteiger partial charge on any atom is -0.303 e. The summed E-state index contributed by atoms with van der Waals surface area (Å²) in [6.07, 6.45) is 2.20. The van der Waals surface area contributed by atoms with Crippen molar-refractivity contribution in [3.63, 3.8) is 0 Å². The molecule has 0 aliphatic carbocycles. The normalized spacial score (nSPS) is 43.1. The average molecular weight is 179 g/mol. The molecule has 72 valence electrons. The number of piperidine rings is 1. The van der Waals surface area contributed by atoms with Gasteiger partial charge in [-0.15, -0.1) is 0 Å². The molecule has 0 spiro atoms. The highest BCUT2D eigenvalue weighted by atomic mass is 15.2. The van der Waals surface area contributed by atoms with Crippen LogP contribution in [-0.4, -0.2) is 36.6 Å². The molecule has 2 saturated heterocycles. The molecule has 2 rings (SSSR count). The Kier molecular flexibility index (Phi) is 2.27. The zero-order chi connectivity index (χ0) is 9.31. The van der Waals surface area contributed by atoms with E-state index in [-0.39, 0.29) is 5.54 Å². The van der Waals surface area contributed by atoms with E-state index in [4.69, 9.17) is 0 Å². The highest BCUT2D eigenvalue weighted by Gasteiger charge is 2.45. The smallest absolute Gasteiger partial charge is 0.112 e. The second kappa shape index (κ2) is 3.28. The summed E-state index contributed by atoms with van der Waals surface area (Å²) in [4.78, 5) is 2.47. The lowest BCUT2D eigenvalue weighted by molar-refractivity contribution is 0.177. The van der Waals surface area contributed by atoms with Gasteiger partial charge in [0.05, 0.1) is 6.07 Å². The lowest BCUT2D eigenvalue weighted by atomic mass is 9.80. The monoisotopic (exact) mass is 179 g/mol. The molecule has 0 amide bonds. The van der Waals surface area contributed by atoms with Gasteiger partial charge in [0, 0.05) is 19.0 Å². The van der Waals surface area contributed by atoms with Gasteiger partial charge in [0.1, 0.15) is 5.54 Å². The number of hydrogen-bond donors (Lipinski definition) is 1. The fourth-order valence-corrected chi connectivity index (χ4v) is 2.71. The van der Waals surface area contributed by atoms with Crippen molar-refractivity contribution in [1.29, 1.82) is 5.26 Å². The van der Waals surface area contributed by atoms with Crippen molar-refractivity contribution in [3.8, 4) is 6.07 Å².